The van der Waals surface area contributed by atoms with Crippen molar-refractivity contribution in [1.29, 1.82) is 0 Å². The number of ketones is 1. The summed E-state index contributed by atoms with van der Waals surface area (Å²) in [5.41, 5.74) is 4.11. The summed E-state index contributed by atoms with van der Waals surface area (Å²) in [6, 6.07) is 14.0. The number of benzene rings is 1. The van der Waals surface area contributed by atoms with Crippen LogP contribution < -0.4 is 0 Å². The number of pyridine rings is 3. The van der Waals surface area contributed by atoms with Gasteiger partial charge in [-0.25, -0.2) is 0 Å². The molecule has 1 aliphatic heterocycles. The van der Waals surface area contributed by atoms with Gasteiger partial charge in [0.05, 0.1) is 11.4 Å². The molecule has 5 rings (SSSR count). The second-order valence-electron chi connectivity index (χ2n) is 8.73. The van der Waals surface area contributed by atoms with Crippen molar-refractivity contribution in [2.24, 2.45) is 0 Å². The van der Waals surface area contributed by atoms with E-state index in [2.05, 4.69) is 50.0 Å². The van der Waals surface area contributed by atoms with Crippen molar-refractivity contribution in [3.63, 3.8) is 0 Å². The van der Waals surface area contributed by atoms with Crippen molar-refractivity contribution in [3.8, 4) is 11.3 Å². The monoisotopic (exact) mass is 635 g/mol. The van der Waals surface area contributed by atoms with Crippen LogP contribution in [0.2, 0.25) is 0 Å². The van der Waals surface area contributed by atoms with E-state index in [1.165, 1.54) is 41.2 Å². The van der Waals surface area contributed by atoms with Crippen LogP contribution in [0.1, 0.15) is 40.2 Å². The molecule has 1 N–H and O–H groups in total. The SMILES string of the molecule is CC(=O)/C=C(/C)O.CC(C)(C)c1ccc2c3c(nccc13)-c1[c-]c3cccnc3nc1S2.[Ir]. The van der Waals surface area contributed by atoms with Crippen LogP contribution in [0.25, 0.3) is 33.1 Å². The second-order valence-corrected chi connectivity index (χ2v) is 9.76. The van der Waals surface area contributed by atoms with Gasteiger partial charge in [0.15, 0.2) is 5.78 Å². The van der Waals surface area contributed by atoms with E-state index >= 15 is 0 Å². The summed E-state index contributed by atoms with van der Waals surface area (Å²) in [7, 11) is 0. The summed E-state index contributed by atoms with van der Waals surface area (Å²) in [5, 5.41) is 12.7. The number of aliphatic hydroxyl groups is 1. The summed E-state index contributed by atoms with van der Waals surface area (Å²) in [5.74, 6) is -0.0625. The topological polar surface area (TPSA) is 76.0 Å². The maximum Gasteiger partial charge on any atom is 0.155 e. The van der Waals surface area contributed by atoms with Crippen LogP contribution in [0.4, 0.5) is 0 Å². The maximum atomic E-state index is 10.0. The molecule has 0 saturated carbocycles. The molecule has 0 amide bonds. The number of nitrogens with zero attached hydrogens (tertiary/aromatic N) is 3. The Morgan fingerprint density at radius 2 is 1.85 bits per heavy atom. The zero-order chi connectivity index (χ0) is 23.0. The molecular formula is C26H24IrN3O2S-. The number of aliphatic hydroxyl groups excluding tert-OH is 1. The first-order valence-corrected chi connectivity index (χ1v) is 11.1. The average Bonchev–Trinajstić information content (AvgIpc) is 2.71. The fraction of sp³-hybridized carbons (Fsp3) is 0.231. The quantitative estimate of drug-likeness (QED) is 0.130. The predicted octanol–water partition coefficient (Wildman–Crippen LogP) is 6.44. The Balaban J connectivity index is 0.000000337. The van der Waals surface area contributed by atoms with Crippen molar-refractivity contribution in [2.45, 2.75) is 50.0 Å². The molecule has 4 aromatic rings. The van der Waals surface area contributed by atoms with Gasteiger partial charge in [-0.1, -0.05) is 43.9 Å². The summed E-state index contributed by atoms with van der Waals surface area (Å²) in [6.45, 7) is 9.60. The van der Waals surface area contributed by atoms with Gasteiger partial charge in [-0.15, -0.1) is 23.9 Å². The van der Waals surface area contributed by atoms with Crippen molar-refractivity contribution in [3.05, 3.63) is 66.2 Å². The van der Waals surface area contributed by atoms with Crippen molar-refractivity contribution in [1.82, 2.24) is 15.0 Å². The summed E-state index contributed by atoms with van der Waals surface area (Å²) < 4.78 is 0. The first kappa shape index (κ1) is 25.0. The molecule has 3 aromatic heterocycles. The van der Waals surface area contributed by atoms with E-state index in [1.807, 2.05) is 18.3 Å². The maximum absolute atomic E-state index is 10.0. The molecule has 7 heteroatoms. The number of hydrogen-bond donors (Lipinski definition) is 1. The number of allylic oxidation sites excluding steroid dienone is 2. The zero-order valence-electron chi connectivity index (χ0n) is 19.1. The van der Waals surface area contributed by atoms with Gasteiger partial charge in [0.25, 0.3) is 0 Å². The number of fused-ring (bicyclic) bond motifs is 3. The van der Waals surface area contributed by atoms with Crippen LogP contribution in [0.5, 0.6) is 0 Å². The molecule has 1 aliphatic rings. The van der Waals surface area contributed by atoms with E-state index in [-0.39, 0.29) is 37.1 Å². The minimum absolute atomic E-state index is 0. The molecule has 0 spiro atoms. The van der Waals surface area contributed by atoms with E-state index < -0.39 is 0 Å². The van der Waals surface area contributed by atoms with Gasteiger partial charge in [-0.3, -0.25) is 19.7 Å². The largest absolute Gasteiger partial charge is 0.512 e. The molecule has 0 unspecified atom stereocenters. The summed E-state index contributed by atoms with van der Waals surface area (Å²) in [6.07, 6.45) is 4.84. The Kier molecular flexibility index (Phi) is 7.37. The Bertz CT molecular complexity index is 1390. The first-order valence-electron chi connectivity index (χ1n) is 10.3. The van der Waals surface area contributed by atoms with Crippen molar-refractivity contribution < 1.29 is 30.0 Å². The number of carbonyl (C=O) groups excluding carboxylic acids is 1. The van der Waals surface area contributed by atoms with Gasteiger partial charge in [-0.2, -0.15) is 0 Å². The third-order valence-corrected chi connectivity index (χ3v) is 6.07. The molecule has 4 heterocycles. The van der Waals surface area contributed by atoms with E-state index in [0.717, 1.165) is 27.3 Å². The smallest absolute Gasteiger partial charge is 0.155 e. The zero-order valence-corrected chi connectivity index (χ0v) is 22.3. The van der Waals surface area contributed by atoms with E-state index in [1.54, 1.807) is 18.0 Å². The molecule has 33 heavy (non-hydrogen) atoms. The van der Waals surface area contributed by atoms with Crippen molar-refractivity contribution in [2.75, 3.05) is 0 Å². The second kappa shape index (κ2) is 9.72. The molecular weight excluding hydrogens is 611 g/mol. The van der Waals surface area contributed by atoms with Gasteiger partial charge in [-0.05, 0) is 47.7 Å². The number of aromatic nitrogens is 3. The molecule has 171 valence electrons. The summed E-state index contributed by atoms with van der Waals surface area (Å²) >= 11 is 1.69. The van der Waals surface area contributed by atoms with Gasteiger partial charge >= 0.3 is 0 Å². The van der Waals surface area contributed by atoms with Gasteiger partial charge in [0, 0.05) is 54.2 Å². The van der Waals surface area contributed by atoms with Gasteiger partial charge in [0.1, 0.15) is 0 Å². The molecule has 0 atom stereocenters. The first-order chi connectivity index (χ1) is 15.1. The molecule has 1 radical (unpaired) electrons. The number of carbonyl (C=O) groups is 1. The minimum Gasteiger partial charge on any atom is -0.512 e. The molecule has 0 bridgehead atoms. The fourth-order valence-electron chi connectivity index (χ4n) is 3.75. The molecule has 1 aromatic carbocycles. The van der Waals surface area contributed by atoms with Crippen LogP contribution in [-0.2, 0) is 30.3 Å². The Labute approximate surface area is 211 Å². The molecule has 0 saturated heterocycles. The van der Waals surface area contributed by atoms with Crippen LogP contribution in [0.15, 0.2) is 64.5 Å². The van der Waals surface area contributed by atoms with Crippen molar-refractivity contribution >= 4 is 39.4 Å². The standard InChI is InChI=1S/C21H16N3S.C5H8O2.Ir/c1-21(2,3)15-6-7-16-17-13(15)8-10-22-18(17)14-11-12-5-4-9-23-19(12)24-20(14)25-16;1-4(6)3-5(2)7;/h4-10H,1-3H3;3,6H,1-2H3;/q-1;;/b;4-3-;. The Morgan fingerprint density at radius 1 is 1.09 bits per heavy atom. The van der Waals surface area contributed by atoms with E-state index in [4.69, 9.17) is 15.1 Å². The minimum atomic E-state index is -0.125. The third-order valence-electron chi connectivity index (χ3n) is 5.02. The molecule has 0 aliphatic carbocycles. The number of rotatable bonds is 1. The van der Waals surface area contributed by atoms with Crippen LogP contribution in [0.3, 0.4) is 0 Å². The molecule has 5 nitrogen and oxygen atoms in total. The normalized spacial score (nSPS) is 12.5. The van der Waals surface area contributed by atoms with Gasteiger partial charge < -0.3 is 5.11 Å². The predicted molar refractivity (Wildman–Crippen MR) is 129 cm³/mol. The number of hydrogen-bond acceptors (Lipinski definition) is 6. The van der Waals surface area contributed by atoms with E-state index in [9.17, 15) is 4.79 Å². The third kappa shape index (κ3) is 5.16. The van der Waals surface area contributed by atoms with Crippen LogP contribution in [0, 0.1) is 6.07 Å². The van der Waals surface area contributed by atoms with Gasteiger partial charge in [0.2, 0.25) is 0 Å². The van der Waals surface area contributed by atoms with Crippen LogP contribution >= 0.6 is 11.8 Å². The Morgan fingerprint density at radius 3 is 2.48 bits per heavy atom. The summed E-state index contributed by atoms with van der Waals surface area (Å²) in [4.78, 5) is 25.0. The van der Waals surface area contributed by atoms with Crippen LogP contribution in [-0.4, -0.2) is 25.8 Å². The fourth-order valence-corrected chi connectivity index (χ4v) is 4.79. The molecule has 0 fully saturated rings. The average molecular weight is 635 g/mol. The Hall–Kier alpha value is -2.60. The van der Waals surface area contributed by atoms with E-state index in [0.29, 0.717) is 0 Å².